The van der Waals surface area contributed by atoms with Gasteiger partial charge in [0, 0.05) is 12.8 Å². The molecule has 1 aliphatic rings. The SMILES string of the molecule is CCCCCCCC/C=C/C/C=C/CCCCC(=O)OC[C@H](CO[C@H]1O[C@H](CS(=O)(=O)O)[C@@H](O)C(O)C1O)OC(=O)CCCCCCCCCCCCC. The summed E-state index contributed by atoms with van der Waals surface area (Å²) in [6, 6.07) is 0. The van der Waals surface area contributed by atoms with Crippen LogP contribution >= 0.6 is 0 Å². The summed E-state index contributed by atoms with van der Waals surface area (Å²) in [5, 5.41) is 30.8. The van der Waals surface area contributed by atoms with E-state index in [4.69, 9.17) is 18.9 Å². The van der Waals surface area contributed by atoms with E-state index in [0.717, 1.165) is 44.9 Å². The molecule has 6 atom stereocenters. The zero-order valence-electron chi connectivity index (χ0n) is 33.3. The van der Waals surface area contributed by atoms with Crippen LogP contribution in [0.15, 0.2) is 24.3 Å². The molecule has 0 aromatic carbocycles. The van der Waals surface area contributed by atoms with Crippen molar-refractivity contribution in [3.63, 3.8) is 0 Å². The van der Waals surface area contributed by atoms with E-state index in [1.165, 1.54) is 83.5 Å². The Kier molecular flexibility index (Phi) is 29.9. The summed E-state index contributed by atoms with van der Waals surface area (Å²) in [5.41, 5.74) is 0. The second kappa shape index (κ2) is 32.2. The van der Waals surface area contributed by atoms with Crippen LogP contribution in [0.4, 0.5) is 0 Å². The summed E-state index contributed by atoms with van der Waals surface area (Å²) in [6.45, 7) is 3.70. The summed E-state index contributed by atoms with van der Waals surface area (Å²) in [7, 11) is -4.60. The zero-order chi connectivity index (χ0) is 39.9. The average Bonchev–Trinajstić information content (AvgIpc) is 3.13. The molecule has 2 unspecified atom stereocenters. The number of esters is 2. The van der Waals surface area contributed by atoms with Gasteiger partial charge in [-0.3, -0.25) is 14.1 Å². The van der Waals surface area contributed by atoms with Crippen LogP contribution in [0.2, 0.25) is 0 Å². The highest BCUT2D eigenvalue weighted by atomic mass is 32.2. The molecule has 316 valence electrons. The van der Waals surface area contributed by atoms with Crippen molar-refractivity contribution in [2.75, 3.05) is 19.0 Å². The predicted molar refractivity (Wildman–Crippen MR) is 210 cm³/mol. The Morgan fingerprint density at radius 2 is 1.11 bits per heavy atom. The Balaban J connectivity index is 2.51. The smallest absolute Gasteiger partial charge is 0.306 e. The summed E-state index contributed by atoms with van der Waals surface area (Å²) in [4.78, 5) is 25.3. The van der Waals surface area contributed by atoms with Crippen LogP contribution < -0.4 is 0 Å². The van der Waals surface area contributed by atoms with Crippen molar-refractivity contribution in [1.82, 2.24) is 0 Å². The van der Waals surface area contributed by atoms with Gasteiger partial charge >= 0.3 is 11.9 Å². The lowest BCUT2D eigenvalue weighted by Crippen LogP contribution is -2.60. The summed E-state index contributed by atoms with van der Waals surface area (Å²) >= 11 is 0. The molecule has 1 heterocycles. The van der Waals surface area contributed by atoms with E-state index in [-0.39, 0.29) is 19.4 Å². The second-order valence-corrected chi connectivity index (χ2v) is 16.2. The fraction of sp³-hybridized carbons (Fsp3) is 0.854. The maximum absolute atomic E-state index is 12.7. The van der Waals surface area contributed by atoms with Crippen LogP contribution in [0.3, 0.4) is 0 Å². The van der Waals surface area contributed by atoms with E-state index >= 15 is 0 Å². The Hall–Kier alpha value is -1.87. The van der Waals surface area contributed by atoms with Crippen molar-refractivity contribution in [1.29, 1.82) is 0 Å². The minimum atomic E-state index is -4.60. The molecule has 1 saturated heterocycles. The summed E-state index contributed by atoms with van der Waals surface area (Å²) in [5.74, 6) is -2.02. The van der Waals surface area contributed by atoms with Gasteiger partial charge in [0.25, 0.3) is 10.1 Å². The van der Waals surface area contributed by atoms with Crippen molar-refractivity contribution in [3.05, 3.63) is 24.3 Å². The molecule has 1 rings (SSSR count). The second-order valence-electron chi connectivity index (χ2n) is 14.7. The molecular formula is C41H74O12S. The third-order valence-electron chi connectivity index (χ3n) is 9.53. The Labute approximate surface area is 326 Å². The number of unbranched alkanes of at least 4 members (excludes halogenated alkanes) is 18. The molecular weight excluding hydrogens is 717 g/mol. The standard InChI is InChI=1S/C41H74O12S/c1-3-5-7-9-11-13-15-16-17-18-20-21-23-25-27-29-36(42)50-31-34(52-37(43)30-28-26-24-22-19-14-12-10-8-6-4-2)32-51-41-40(46)39(45)38(44)35(53-41)33-54(47,48)49/h16-17,20-21,34-35,38-41,44-46H,3-15,18-19,22-33H2,1-2H3,(H,47,48,49)/b17-16+,21-20+/t34-,35-,38-,39?,40?,41+/m1/s1. The van der Waals surface area contributed by atoms with Crippen molar-refractivity contribution < 1.29 is 56.8 Å². The van der Waals surface area contributed by atoms with Gasteiger partial charge in [0.1, 0.15) is 36.8 Å². The van der Waals surface area contributed by atoms with E-state index in [1.54, 1.807) is 0 Å². The minimum Gasteiger partial charge on any atom is -0.462 e. The maximum Gasteiger partial charge on any atom is 0.306 e. The number of allylic oxidation sites excluding steroid dienone is 4. The zero-order valence-corrected chi connectivity index (χ0v) is 34.1. The normalized spacial score (nSPS) is 21.2. The number of carbonyl (C=O) groups is 2. The highest BCUT2D eigenvalue weighted by Gasteiger charge is 2.46. The first kappa shape index (κ1) is 50.1. The third-order valence-corrected chi connectivity index (χ3v) is 10.3. The molecule has 0 aromatic heterocycles. The van der Waals surface area contributed by atoms with Crippen LogP contribution in [0.25, 0.3) is 0 Å². The van der Waals surface area contributed by atoms with Crippen molar-refractivity contribution in [2.24, 2.45) is 0 Å². The third kappa shape index (κ3) is 26.9. The van der Waals surface area contributed by atoms with E-state index < -0.39 is 71.2 Å². The molecule has 0 radical (unpaired) electrons. The molecule has 0 aromatic rings. The molecule has 0 amide bonds. The Morgan fingerprint density at radius 1 is 0.630 bits per heavy atom. The molecule has 1 fully saturated rings. The highest BCUT2D eigenvalue weighted by Crippen LogP contribution is 2.24. The number of ether oxygens (including phenoxy) is 4. The van der Waals surface area contributed by atoms with Gasteiger partial charge in [-0.25, -0.2) is 0 Å². The average molecular weight is 791 g/mol. The number of aliphatic hydroxyl groups excluding tert-OH is 3. The molecule has 0 saturated carbocycles. The van der Waals surface area contributed by atoms with Crippen LogP contribution in [0, 0.1) is 0 Å². The lowest BCUT2D eigenvalue weighted by Gasteiger charge is -2.40. The number of carbonyl (C=O) groups excluding carboxylic acids is 2. The minimum absolute atomic E-state index is 0.161. The maximum atomic E-state index is 12.7. The quantitative estimate of drug-likeness (QED) is 0.0216. The van der Waals surface area contributed by atoms with E-state index in [1.807, 2.05) is 0 Å². The number of aliphatic hydroxyl groups is 3. The molecule has 0 bridgehead atoms. The fourth-order valence-electron chi connectivity index (χ4n) is 6.24. The highest BCUT2D eigenvalue weighted by molar-refractivity contribution is 7.85. The first-order valence-electron chi connectivity index (χ1n) is 20.9. The monoisotopic (exact) mass is 790 g/mol. The van der Waals surface area contributed by atoms with Gasteiger partial charge in [-0.05, 0) is 44.9 Å². The molecule has 1 aliphatic heterocycles. The first-order chi connectivity index (χ1) is 26.0. The summed E-state index contributed by atoms with van der Waals surface area (Å²) < 4.78 is 53.8. The molecule has 4 N–H and O–H groups in total. The predicted octanol–water partition coefficient (Wildman–Crippen LogP) is 7.67. The van der Waals surface area contributed by atoms with Crippen LogP contribution in [-0.2, 0) is 38.7 Å². The number of hydrogen-bond donors (Lipinski definition) is 4. The molecule has 54 heavy (non-hydrogen) atoms. The van der Waals surface area contributed by atoms with Gasteiger partial charge in [0.15, 0.2) is 12.4 Å². The van der Waals surface area contributed by atoms with Crippen molar-refractivity contribution in [3.8, 4) is 0 Å². The Morgan fingerprint density at radius 3 is 1.67 bits per heavy atom. The van der Waals surface area contributed by atoms with E-state index in [9.17, 15) is 37.9 Å². The van der Waals surface area contributed by atoms with Gasteiger partial charge in [0.2, 0.25) is 0 Å². The lowest BCUT2D eigenvalue weighted by atomic mass is 10.00. The van der Waals surface area contributed by atoms with E-state index in [2.05, 4.69) is 38.2 Å². The number of rotatable bonds is 34. The molecule has 13 heteroatoms. The van der Waals surface area contributed by atoms with Crippen LogP contribution in [0.5, 0.6) is 0 Å². The molecule has 0 aliphatic carbocycles. The van der Waals surface area contributed by atoms with Gasteiger partial charge in [-0.1, -0.05) is 134 Å². The van der Waals surface area contributed by atoms with Crippen LogP contribution in [0.1, 0.15) is 168 Å². The van der Waals surface area contributed by atoms with Gasteiger partial charge in [0.05, 0.1) is 6.61 Å². The first-order valence-corrected chi connectivity index (χ1v) is 22.5. The number of hydrogen-bond acceptors (Lipinski definition) is 11. The molecule has 12 nitrogen and oxygen atoms in total. The summed E-state index contributed by atoms with van der Waals surface area (Å²) in [6.07, 6.45) is 23.8. The van der Waals surface area contributed by atoms with Gasteiger partial charge in [-0.15, -0.1) is 0 Å². The van der Waals surface area contributed by atoms with Gasteiger partial charge < -0.3 is 34.3 Å². The van der Waals surface area contributed by atoms with Crippen molar-refractivity contribution in [2.45, 2.75) is 205 Å². The topological polar surface area (TPSA) is 186 Å². The Bertz CT molecular complexity index is 1110. The van der Waals surface area contributed by atoms with E-state index in [0.29, 0.717) is 12.8 Å². The van der Waals surface area contributed by atoms with Crippen molar-refractivity contribution >= 4 is 22.1 Å². The van der Waals surface area contributed by atoms with Gasteiger partial charge in [-0.2, -0.15) is 8.42 Å². The fourth-order valence-corrected chi connectivity index (χ4v) is 6.93. The van der Waals surface area contributed by atoms with Crippen LogP contribution in [-0.4, -0.2) is 96.0 Å². The lowest BCUT2D eigenvalue weighted by molar-refractivity contribution is -0.297. The molecule has 0 spiro atoms. The largest absolute Gasteiger partial charge is 0.462 e.